The summed E-state index contributed by atoms with van der Waals surface area (Å²) in [5.74, 6) is 0.741. The Balaban J connectivity index is 1.57. The van der Waals surface area contributed by atoms with Crippen molar-refractivity contribution in [2.45, 2.75) is 44.3 Å². The van der Waals surface area contributed by atoms with Gasteiger partial charge in [-0.25, -0.2) is 0 Å². The molecule has 88 valence electrons. The molecule has 16 heavy (non-hydrogen) atoms. The summed E-state index contributed by atoms with van der Waals surface area (Å²) in [6.45, 7) is 3.10. The lowest BCUT2D eigenvalue weighted by Gasteiger charge is -2.23. The molecule has 1 N–H and O–H groups in total. The Labute approximate surface area is 95.2 Å². The van der Waals surface area contributed by atoms with Crippen LogP contribution in [0.2, 0.25) is 0 Å². The summed E-state index contributed by atoms with van der Waals surface area (Å²) >= 11 is 0. The summed E-state index contributed by atoms with van der Waals surface area (Å²) in [6.07, 6.45) is 6.73. The van der Waals surface area contributed by atoms with E-state index in [0.29, 0.717) is 6.04 Å². The van der Waals surface area contributed by atoms with Crippen molar-refractivity contribution in [2.24, 2.45) is 0 Å². The van der Waals surface area contributed by atoms with E-state index in [0.717, 1.165) is 25.0 Å². The van der Waals surface area contributed by atoms with Gasteiger partial charge in [0.15, 0.2) is 6.33 Å². The van der Waals surface area contributed by atoms with Crippen LogP contribution in [0.3, 0.4) is 0 Å². The van der Waals surface area contributed by atoms with Gasteiger partial charge in [-0.05, 0) is 32.2 Å². The monoisotopic (exact) mass is 222 g/mol. The van der Waals surface area contributed by atoms with Crippen LogP contribution in [-0.4, -0.2) is 40.2 Å². The lowest BCUT2D eigenvalue weighted by molar-refractivity contribution is 0.200. The van der Waals surface area contributed by atoms with Crippen molar-refractivity contribution < 1.29 is 4.52 Å². The molecular weight excluding hydrogens is 204 g/mol. The second kappa shape index (κ2) is 4.51. The molecule has 5 nitrogen and oxygen atoms in total. The maximum Gasteiger partial charge on any atom is 0.240 e. The van der Waals surface area contributed by atoms with E-state index in [2.05, 4.69) is 20.4 Å². The van der Waals surface area contributed by atoms with Crippen LogP contribution in [0.4, 0.5) is 0 Å². The summed E-state index contributed by atoms with van der Waals surface area (Å²) in [7, 11) is 0. The van der Waals surface area contributed by atoms with Crippen LogP contribution in [0, 0.1) is 0 Å². The van der Waals surface area contributed by atoms with Crippen LogP contribution < -0.4 is 5.32 Å². The molecule has 0 bridgehead atoms. The van der Waals surface area contributed by atoms with Crippen molar-refractivity contribution in [3.05, 3.63) is 12.2 Å². The molecule has 0 aromatic carbocycles. The van der Waals surface area contributed by atoms with Gasteiger partial charge in [0.25, 0.3) is 0 Å². The number of rotatable bonds is 5. The largest absolute Gasteiger partial charge is 0.338 e. The topological polar surface area (TPSA) is 54.2 Å². The molecule has 2 fully saturated rings. The maximum atomic E-state index is 5.08. The Bertz CT molecular complexity index is 317. The van der Waals surface area contributed by atoms with Crippen LogP contribution in [0.25, 0.3) is 0 Å². The zero-order chi connectivity index (χ0) is 10.8. The molecule has 1 atom stereocenters. The van der Waals surface area contributed by atoms with Gasteiger partial charge in [-0.2, -0.15) is 4.98 Å². The Morgan fingerprint density at radius 1 is 1.44 bits per heavy atom. The third kappa shape index (κ3) is 2.41. The molecule has 1 aliphatic heterocycles. The van der Waals surface area contributed by atoms with Crippen molar-refractivity contribution in [2.75, 3.05) is 13.1 Å². The van der Waals surface area contributed by atoms with E-state index >= 15 is 0 Å². The Kier molecular flexibility index (Phi) is 2.88. The first kappa shape index (κ1) is 10.2. The summed E-state index contributed by atoms with van der Waals surface area (Å²) < 4.78 is 5.08. The third-order valence-corrected chi connectivity index (χ3v) is 3.43. The first-order chi connectivity index (χ1) is 7.92. The Hall–Kier alpha value is -0.940. The minimum atomic E-state index is 0.656. The van der Waals surface area contributed by atoms with Gasteiger partial charge in [0.05, 0.1) is 6.54 Å². The molecule has 1 saturated carbocycles. The molecule has 2 heterocycles. The van der Waals surface area contributed by atoms with Gasteiger partial charge in [0.1, 0.15) is 0 Å². The molecule has 1 aromatic rings. The fourth-order valence-electron chi connectivity index (χ4n) is 2.42. The van der Waals surface area contributed by atoms with E-state index in [-0.39, 0.29) is 0 Å². The summed E-state index contributed by atoms with van der Waals surface area (Å²) in [6, 6.07) is 1.40. The average Bonchev–Trinajstić information content (AvgIpc) is 2.79. The van der Waals surface area contributed by atoms with Crippen molar-refractivity contribution in [3.63, 3.8) is 0 Å². The number of aromatic nitrogens is 2. The van der Waals surface area contributed by atoms with Crippen LogP contribution in [-0.2, 0) is 6.54 Å². The smallest absolute Gasteiger partial charge is 0.240 e. The molecule has 0 spiro atoms. The van der Waals surface area contributed by atoms with Crippen LogP contribution in [0.1, 0.15) is 31.6 Å². The van der Waals surface area contributed by atoms with E-state index in [9.17, 15) is 0 Å². The molecule has 0 amide bonds. The van der Waals surface area contributed by atoms with Gasteiger partial charge in [-0.3, -0.25) is 4.90 Å². The second-order valence-corrected chi connectivity index (χ2v) is 4.79. The van der Waals surface area contributed by atoms with Crippen molar-refractivity contribution in [1.82, 2.24) is 20.4 Å². The number of nitrogens with zero attached hydrogens (tertiary/aromatic N) is 3. The third-order valence-electron chi connectivity index (χ3n) is 3.43. The van der Waals surface area contributed by atoms with Crippen LogP contribution in [0.5, 0.6) is 0 Å². The number of hydrogen-bond acceptors (Lipinski definition) is 5. The maximum absolute atomic E-state index is 5.08. The van der Waals surface area contributed by atoms with Gasteiger partial charge in [-0.1, -0.05) is 5.16 Å². The first-order valence-corrected chi connectivity index (χ1v) is 6.15. The van der Waals surface area contributed by atoms with E-state index in [1.54, 1.807) is 0 Å². The minimum absolute atomic E-state index is 0.656. The molecule has 3 rings (SSSR count). The molecule has 1 aliphatic carbocycles. The van der Waals surface area contributed by atoms with E-state index in [4.69, 9.17) is 4.52 Å². The molecule has 2 aliphatic rings. The van der Waals surface area contributed by atoms with Crippen LogP contribution in [0.15, 0.2) is 10.9 Å². The second-order valence-electron chi connectivity index (χ2n) is 4.79. The highest BCUT2D eigenvalue weighted by molar-refractivity contribution is 4.90. The summed E-state index contributed by atoms with van der Waals surface area (Å²) in [5, 5.41) is 7.20. The Morgan fingerprint density at radius 3 is 3.00 bits per heavy atom. The zero-order valence-corrected chi connectivity index (χ0v) is 9.43. The van der Waals surface area contributed by atoms with Gasteiger partial charge >= 0.3 is 0 Å². The van der Waals surface area contributed by atoms with E-state index in [1.807, 2.05) is 0 Å². The number of hydrogen-bond donors (Lipinski definition) is 1. The van der Waals surface area contributed by atoms with Crippen molar-refractivity contribution >= 4 is 0 Å². The minimum Gasteiger partial charge on any atom is -0.338 e. The van der Waals surface area contributed by atoms with E-state index < -0.39 is 0 Å². The highest BCUT2D eigenvalue weighted by Crippen LogP contribution is 2.28. The van der Waals surface area contributed by atoms with E-state index in [1.165, 1.54) is 38.6 Å². The molecule has 1 aromatic heterocycles. The quantitative estimate of drug-likeness (QED) is 0.798. The molecule has 0 radical (unpaired) electrons. The molecule has 5 heteroatoms. The predicted octanol–water partition coefficient (Wildman–Crippen LogP) is 0.786. The van der Waals surface area contributed by atoms with Gasteiger partial charge in [-0.15, -0.1) is 0 Å². The van der Waals surface area contributed by atoms with Crippen molar-refractivity contribution in [1.29, 1.82) is 0 Å². The normalized spacial score (nSPS) is 25.4. The summed E-state index contributed by atoms with van der Waals surface area (Å²) in [5.41, 5.74) is 0. The molecular formula is C11H18N4O. The van der Waals surface area contributed by atoms with Gasteiger partial charge in [0, 0.05) is 18.6 Å². The van der Waals surface area contributed by atoms with Gasteiger partial charge < -0.3 is 9.84 Å². The van der Waals surface area contributed by atoms with Crippen molar-refractivity contribution in [3.8, 4) is 0 Å². The fourth-order valence-corrected chi connectivity index (χ4v) is 2.42. The Morgan fingerprint density at radius 2 is 2.38 bits per heavy atom. The highest BCUT2D eigenvalue weighted by atomic mass is 16.5. The van der Waals surface area contributed by atoms with Gasteiger partial charge in [0.2, 0.25) is 5.89 Å². The molecule has 1 saturated heterocycles. The zero-order valence-electron chi connectivity index (χ0n) is 9.43. The fraction of sp³-hybridized carbons (Fsp3) is 0.818. The lowest BCUT2D eigenvalue weighted by atomic mass is 10.2. The lowest BCUT2D eigenvalue weighted by Crippen LogP contribution is -2.38. The SMILES string of the molecule is c1noc(CN(CC2CCCN2)C2CC2)n1. The predicted molar refractivity (Wildman–Crippen MR) is 58.8 cm³/mol. The standard InChI is InChI=1S/C11H18N4O/c1-2-9(12-5-1)6-15(10-3-4-10)7-11-13-8-14-16-11/h8-10,12H,1-7H2. The first-order valence-electron chi connectivity index (χ1n) is 6.15. The average molecular weight is 222 g/mol. The number of nitrogens with one attached hydrogen (secondary N) is 1. The molecule has 1 unspecified atom stereocenters. The van der Waals surface area contributed by atoms with Crippen LogP contribution >= 0.6 is 0 Å². The summed E-state index contributed by atoms with van der Waals surface area (Å²) in [4.78, 5) is 6.58. The highest BCUT2D eigenvalue weighted by Gasteiger charge is 2.32.